The van der Waals surface area contributed by atoms with Crippen LogP contribution < -0.4 is 15.5 Å². The minimum absolute atomic E-state index is 0.0823. The van der Waals surface area contributed by atoms with Crippen molar-refractivity contribution < 1.29 is 14.3 Å². The van der Waals surface area contributed by atoms with Gasteiger partial charge in [0, 0.05) is 43.5 Å². The van der Waals surface area contributed by atoms with E-state index in [0.29, 0.717) is 29.5 Å². The molecule has 0 aliphatic carbocycles. The van der Waals surface area contributed by atoms with E-state index in [1.165, 1.54) is 4.90 Å². The lowest BCUT2D eigenvalue weighted by Gasteiger charge is -2.30. The summed E-state index contributed by atoms with van der Waals surface area (Å²) in [5.41, 5.74) is 3.00. The Morgan fingerprint density at radius 2 is 1.79 bits per heavy atom. The number of amides is 2. The number of nitrogens with one attached hydrogen (secondary N) is 2. The molecule has 1 saturated heterocycles. The Kier molecular flexibility index (Phi) is 6.95. The van der Waals surface area contributed by atoms with Gasteiger partial charge in [-0.25, -0.2) is 0 Å². The monoisotopic (exact) mass is 416 g/mol. The Bertz CT molecular complexity index is 865. The summed E-state index contributed by atoms with van der Waals surface area (Å²) in [5, 5.41) is 6.61. The van der Waals surface area contributed by atoms with E-state index in [1.807, 2.05) is 18.2 Å². The molecule has 0 bridgehead atoms. The second kappa shape index (κ2) is 9.62. The summed E-state index contributed by atoms with van der Waals surface area (Å²) < 4.78 is 5.41. The summed E-state index contributed by atoms with van der Waals surface area (Å²) in [6.45, 7) is 3.03. The topological polar surface area (TPSA) is 73.9 Å². The Morgan fingerprint density at radius 3 is 2.45 bits per heavy atom. The van der Waals surface area contributed by atoms with Gasteiger partial charge in [0.25, 0.3) is 5.91 Å². The molecule has 154 valence electrons. The first-order valence-electron chi connectivity index (χ1n) is 9.42. The fourth-order valence-electron chi connectivity index (χ4n) is 3.06. The summed E-state index contributed by atoms with van der Waals surface area (Å²) in [6.07, 6.45) is 0. The van der Waals surface area contributed by atoms with Gasteiger partial charge in [0.05, 0.1) is 31.1 Å². The van der Waals surface area contributed by atoms with Gasteiger partial charge in [0.1, 0.15) is 0 Å². The number of benzene rings is 2. The van der Waals surface area contributed by atoms with Crippen LogP contribution in [0.5, 0.6) is 0 Å². The van der Waals surface area contributed by atoms with Crippen LogP contribution in [0.1, 0.15) is 10.4 Å². The molecule has 3 rings (SSSR count). The number of hydrogen-bond donors (Lipinski definition) is 2. The van der Waals surface area contributed by atoms with Gasteiger partial charge in [-0.1, -0.05) is 11.6 Å². The molecule has 2 N–H and O–H groups in total. The summed E-state index contributed by atoms with van der Waals surface area (Å²) in [6, 6.07) is 12.4. The second-order valence-corrected chi connectivity index (χ2v) is 7.38. The summed E-state index contributed by atoms with van der Waals surface area (Å²) in [5.74, 6) is -0.272. The molecule has 0 spiro atoms. The normalized spacial score (nSPS) is 13.7. The first-order valence-corrected chi connectivity index (χ1v) is 9.79. The van der Waals surface area contributed by atoms with Crippen LogP contribution in [0.4, 0.5) is 17.1 Å². The van der Waals surface area contributed by atoms with E-state index >= 15 is 0 Å². The van der Waals surface area contributed by atoms with Crippen LogP contribution in [-0.2, 0) is 9.53 Å². The average molecular weight is 417 g/mol. The molecule has 0 saturated carbocycles. The van der Waals surface area contributed by atoms with Gasteiger partial charge in [0.15, 0.2) is 0 Å². The van der Waals surface area contributed by atoms with Crippen molar-refractivity contribution >= 4 is 40.5 Å². The summed E-state index contributed by atoms with van der Waals surface area (Å²) in [7, 11) is 3.40. The van der Waals surface area contributed by atoms with Gasteiger partial charge in [-0.3, -0.25) is 9.59 Å². The van der Waals surface area contributed by atoms with Gasteiger partial charge < -0.3 is 25.2 Å². The maximum Gasteiger partial charge on any atom is 0.253 e. The van der Waals surface area contributed by atoms with E-state index in [2.05, 4.69) is 15.5 Å². The summed E-state index contributed by atoms with van der Waals surface area (Å²) in [4.78, 5) is 28.0. The Hall–Kier alpha value is -2.77. The molecule has 1 aliphatic heterocycles. The largest absolute Gasteiger partial charge is 0.378 e. The number of hydrogen-bond acceptors (Lipinski definition) is 5. The molecular formula is C21H25ClN4O3. The van der Waals surface area contributed by atoms with Crippen molar-refractivity contribution in [2.45, 2.75) is 0 Å². The molecule has 0 atom stereocenters. The maximum atomic E-state index is 12.4. The standard InChI is InChI=1S/C21H25ClN4O3/c1-25(2)21(28)15-3-6-17(7-4-15)24-20(27)14-23-18-13-16(22)5-8-19(18)26-9-11-29-12-10-26/h3-8,13,23H,9-12,14H2,1-2H3,(H,24,27). The van der Waals surface area contributed by atoms with Gasteiger partial charge >= 0.3 is 0 Å². The molecular weight excluding hydrogens is 392 g/mol. The van der Waals surface area contributed by atoms with E-state index in [1.54, 1.807) is 38.4 Å². The van der Waals surface area contributed by atoms with Crippen molar-refractivity contribution in [3.8, 4) is 0 Å². The van der Waals surface area contributed by atoms with E-state index in [0.717, 1.165) is 24.5 Å². The van der Waals surface area contributed by atoms with E-state index in [4.69, 9.17) is 16.3 Å². The first-order chi connectivity index (χ1) is 13.9. The molecule has 0 radical (unpaired) electrons. The van der Waals surface area contributed by atoms with Gasteiger partial charge in [-0.15, -0.1) is 0 Å². The van der Waals surface area contributed by atoms with Crippen molar-refractivity contribution in [3.63, 3.8) is 0 Å². The van der Waals surface area contributed by atoms with Crippen molar-refractivity contribution in [1.82, 2.24) is 4.90 Å². The predicted octanol–water partition coefficient (Wildman–Crippen LogP) is 2.93. The van der Waals surface area contributed by atoms with Crippen LogP contribution in [0.15, 0.2) is 42.5 Å². The van der Waals surface area contributed by atoms with E-state index < -0.39 is 0 Å². The molecule has 2 amide bonds. The fraction of sp³-hybridized carbons (Fsp3) is 0.333. The lowest BCUT2D eigenvalue weighted by molar-refractivity contribution is -0.114. The number of ether oxygens (including phenoxy) is 1. The van der Waals surface area contributed by atoms with Crippen LogP contribution in [0.3, 0.4) is 0 Å². The first kappa shape index (κ1) is 21.0. The van der Waals surface area contributed by atoms with Gasteiger partial charge in [-0.05, 0) is 42.5 Å². The Morgan fingerprint density at radius 1 is 1.10 bits per heavy atom. The van der Waals surface area contributed by atoms with Crippen molar-refractivity contribution in [1.29, 1.82) is 0 Å². The highest BCUT2D eigenvalue weighted by Crippen LogP contribution is 2.29. The number of halogens is 1. The molecule has 29 heavy (non-hydrogen) atoms. The zero-order chi connectivity index (χ0) is 20.8. The Balaban J connectivity index is 1.60. The third kappa shape index (κ3) is 5.62. The van der Waals surface area contributed by atoms with Crippen molar-refractivity contribution in [2.24, 2.45) is 0 Å². The molecule has 1 heterocycles. The predicted molar refractivity (Wildman–Crippen MR) is 116 cm³/mol. The van der Waals surface area contributed by atoms with E-state index in [9.17, 15) is 9.59 Å². The highest BCUT2D eigenvalue weighted by Gasteiger charge is 2.16. The number of anilines is 3. The molecule has 7 nitrogen and oxygen atoms in total. The van der Waals surface area contributed by atoms with Gasteiger partial charge in [0.2, 0.25) is 5.91 Å². The smallest absolute Gasteiger partial charge is 0.253 e. The number of carbonyl (C=O) groups is 2. The van der Waals surface area contributed by atoms with Crippen molar-refractivity contribution in [2.75, 3.05) is 62.5 Å². The average Bonchev–Trinajstić information content (AvgIpc) is 2.73. The molecule has 1 fully saturated rings. The van der Waals surface area contributed by atoms with Crippen LogP contribution in [0, 0.1) is 0 Å². The third-order valence-electron chi connectivity index (χ3n) is 4.57. The van der Waals surface area contributed by atoms with Crippen LogP contribution in [0.25, 0.3) is 0 Å². The fourth-order valence-corrected chi connectivity index (χ4v) is 3.24. The molecule has 0 unspecified atom stereocenters. The minimum atomic E-state index is -0.190. The second-order valence-electron chi connectivity index (χ2n) is 6.94. The number of morpholine rings is 1. The molecule has 2 aromatic carbocycles. The van der Waals surface area contributed by atoms with Crippen molar-refractivity contribution in [3.05, 3.63) is 53.1 Å². The number of nitrogens with zero attached hydrogens (tertiary/aromatic N) is 2. The van der Waals surface area contributed by atoms with E-state index in [-0.39, 0.29) is 18.4 Å². The quantitative estimate of drug-likeness (QED) is 0.757. The zero-order valence-electron chi connectivity index (χ0n) is 16.6. The lowest BCUT2D eigenvalue weighted by Crippen LogP contribution is -2.36. The lowest BCUT2D eigenvalue weighted by atomic mass is 10.2. The number of rotatable bonds is 6. The third-order valence-corrected chi connectivity index (χ3v) is 4.81. The molecule has 0 aromatic heterocycles. The highest BCUT2D eigenvalue weighted by molar-refractivity contribution is 6.31. The molecule has 1 aliphatic rings. The molecule has 2 aromatic rings. The summed E-state index contributed by atoms with van der Waals surface area (Å²) >= 11 is 6.15. The van der Waals surface area contributed by atoms with Crippen LogP contribution in [-0.4, -0.2) is 63.7 Å². The molecule has 8 heteroatoms. The van der Waals surface area contributed by atoms with Gasteiger partial charge in [-0.2, -0.15) is 0 Å². The van der Waals surface area contributed by atoms with Crippen LogP contribution in [0.2, 0.25) is 5.02 Å². The number of carbonyl (C=O) groups excluding carboxylic acids is 2. The highest BCUT2D eigenvalue weighted by atomic mass is 35.5. The zero-order valence-corrected chi connectivity index (χ0v) is 17.3. The Labute approximate surface area is 175 Å². The SMILES string of the molecule is CN(C)C(=O)c1ccc(NC(=O)CNc2cc(Cl)ccc2N2CCOCC2)cc1. The maximum absolute atomic E-state index is 12.4. The minimum Gasteiger partial charge on any atom is -0.378 e. The van der Waals surface area contributed by atoms with Crippen LogP contribution >= 0.6 is 11.6 Å².